The topological polar surface area (TPSA) is 97.4 Å². The van der Waals surface area contributed by atoms with Gasteiger partial charge in [0, 0.05) is 27.5 Å². The number of hydrogen-bond acceptors (Lipinski definition) is 5. The van der Waals surface area contributed by atoms with E-state index in [2.05, 4.69) is 10.3 Å². The lowest BCUT2D eigenvalue weighted by atomic mass is 10.2. The number of nitrogens with zero attached hydrogens (tertiary/aromatic N) is 3. The van der Waals surface area contributed by atoms with Crippen LogP contribution in [0.15, 0.2) is 113 Å². The minimum Gasteiger partial charge on any atom is -0.468 e. The summed E-state index contributed by atoms with van der Waals surface area (Å²) in [6.45, 7) is -0.641. The van der Waals surface area contributed by atoms with E-state index in [1.165, 1.54) is 30.5 Å². The predicted octanol–water partition coefficient (Wildman–Crippen LogP) is 6.27. The maximum Gasteiger partial charge on any atom is 0.243 e. The lowest BCUT2D eigenvalue weighted by Gasteiger charge is -2.21. The van der Waals surface area contributed by atoms with Crippen LogP contribution in [0.1, 0.15) is 5.76 Å². The first-order valence-electron chi connectivity index (χ1n) is 11.8. The van der Waals surface area contributed by atoms with E-state index in [1.54, 1.807) is 41.1 Å². The van der Waals surface area contributed by atoms with Gasteiger partial charge < -0.3 is 4.42 Å². The molecule has 0 bridgehead atoms. The molecule has 0 saturated carbocycles. The van der Waals surface area contributed by atoms with Gasteiger partial charge in [0.2, 0.25) is 21.9 Å². The number of anilines is 1. The van der Waals surface area contributed by atoms with Crippen LogP contribution in [-0.4, -0.2) is 34.7 Å². The first-order valence-corrected chi connectivity index (χ1v) is 14.0. The zero-order valence-electron chi connectivity index (χ0n) is 20.4. The molecular weight excluding hydrogens is 559 g/mol. The van der Waals surface area contributed by atoms with E-state index in [-0.39, 0.29) is 17.4 Å². The molecule has 5 rings (SSSR count). The quantitative estimate of drug-likeness (QED) is 0.221. The van der Waals surface area contributed by atoms with E-state index < -0.39 is 22.5 Å². The number of carbonyl (C=O) groups is 1. The molecule has 8 nitrogen and oxygen atoms in total. The molecule has 0 saturated heterocycles. The van der Waals surface area contributed by atoms with Crippen LogP contribution in [0.2, 0.25) is 10.0 Å². The third-order valence-corrected chi connectivity index (χ3v) is 8.09. The molecule has 39 heavy (non-hydrogen) atoms. The monoisotopic (exact) mass is 580 g/mol. The highest BCUT2D eigenvalue weighted by Crippen LogP contribution is 2.26. The highest BCUT2D eigenvalue weighted by molar-refractivity contribution is 7.89. The Morgan fingerprint density at radius 3 is 2.38 bits per heavy atom. The summed E-state index contributed by atoms with van der Waals surface area (Å²) in [6.07, 6.45) is 3.22. The lowest BCUT2D eigenvalue weighted by molar-refractivity contribution is -0.116. The highest BCUT2D eigenvalue weighted by atomic mass is 35.5. The number of rotatable bonds is 9. The number of halogens is 2. The zero-order valence-corrected chi connectivity index (χ0v) is 22.7. The van der Waals surface area contributed by atoms with Gasteiger partial charge in [-0.1, -0.05) is 59.6 Å². The van der Waals surface area contributed by atoms with E-state index in [9.17, 15) is 13.2 Å². The molecule has 0 aliphatic carbocycles. The van der Waals surface area contributed by atoms with E-state index >= 15 is 0 Å². The van der Waals surface area contributed by atoms with E-state index in [4.69, 9.17) is 27.6 Å². The Hall–Kier alpha value is -3.89. The second-order valence-corrected chi connectivity index (χ2v) is 11.3. The molecule has 0 fully saturated rings. The molecule has 0 atom stereocenters. The minimum atomic E-state index is -4.08. The van der Waals surface area contributed by atoms with Gasteiger partial charge in [0.15, 0.2) is 0 Å². The minimum absolute atomic E-state index is 0.00181. The van der Waals surface area contributed by atoms with Gasteiger partial charge in [-0.25, -0.2) is 13.4 Å². The molecule has 0 unspecified atom stereocenters. The average Bonchev–Trinajstić information content (AvgIpc) is 3.59. The van der Waals surface area contributed by atoms with Gasteiger partial charge in [-0.05, 0) is 54.6 Å². The SMILES string of the molecule is O=C(CN(Cc1ccco1)S(=O)(=O)c1ccc(Cl)cc1)Nc1nc(-c2ccccc2)cn1-c1cccc(Cl)c1. The Morgan fingerprint density at radius 1 is 0.923 bits per heavy atom. The van der Waals surface area contributed by atoms with Gasteiger partial charge in [0.05, 0.1) is 29.9 Å². The molecule has 11 heteroatoms. The number of nitrogens with one attached hydrogen (secondary N) is 1. The van der Waals surface area contributed by atoms with Gasteiger partial charge in [0.1, 0.15) is 5.76 Å². The fourth-order valence-corrected chi connectivity index (χ4v) is 5.59. The fourth-order valence-electron chi connectivity index (χ4n) is 3.92. The largest absolute Gasteiger partial charge is 0.468 e. The number of furan rings is 1. The summed E-state index contributed by atoms with van der Waals surface area (Å²) >= 11 is 12.2. The molecule has 2 heterocycles. The fraction of sp³-hybridized carbons (Fsp3) is 0.0714. The summed E-state index contributed by atoms with van der Waals surface area (Å²) in [7, 11) is -4.08. The predicted molar refractivity (Wildman–Crippen MR) is 150 cm³/mol. The Kier molecular flexibility index (Phi) is 7.85. The first kappa shape index (κ1) is 26.7. The Bertz CT molecular complexity index is 1690. The van der Waals surface area contributed by atoms with E-state index in [0.29, 0.717) is 27.2 Å². The number of carbonyl (C=O) groups excluding carboxylic acids is 1. The van der Waals surface area contributed by atoms with E-state index in [0.717, 1.165) is 9.87 Å². The molecule has 1 N–H and O–H groups in total. The smallest absolute Gasteiger partial charge is 0.243 e. The van der Waals surface area contributed by atoms with Crippen molar-refractivity contribution in [3.8, 4) is 16.9 Å². The molecule has 0 aliphatic rings. The van der Waals surface area contributed by atoms with Crippen LogP contribution >= 0.6 is 23.2 Å². The number of sulfonamides is 1. The number of aromatic nitrogens is 2. The van der Waals surface area contributed by atoms with Gasteiger partial charge in [-0.15, -0.1) is 0 Å². The van der Waals surface area contributed by atoms with Gasteiger partial charge in [-0.2, -0.15) is 4.31 Å². The van der Waals surface area contributed by atoms with Gasteiger partial charge >= 0.3 is 0 Å². The molecule has 0 aliphatic heterocycles. The lowest BCUT2D eigenvalue weighted by Crippen LogP contribution is -2.37. The Balaban J connectivity index is 1.46. The highest BCUT2D eigenvalue weighted by Gasteiger charge is 2.28. The Morgan fingerprint density at radius 2 is 1.69 bits per heavy atom. The Labute approximate surface area is 235 Å². The van der Waals surface area contributed by atoms with Crippen LogP contribution in [0.3, 0.4) is 0 Å². The normalized spacial score (nSPS) is 11.6. The van der Waals surface area contributed by atoms with Crippen molar-refractivity contribution in [2.24, 2.45) is 0 Å². The van der Waals surface area contributed by atoms with Crippen molar-refractivity contribution in [1.82, 2.24) is 13.9 Å². The molecule has 2 aromatic heterocycles. The number of amides is 1. The summed E-state index contributed by atoms with van der Waals surface area (Å²) in [6, 6.07) is 25.6. The second kappa shape index (κ2) is 11.5. The third-order valence-electron chi connectivity index (χ3n) is 5.80. The number of hydrogen-bond donors (Lipinski definition) is 1. The third kappa shape index (κ3) is 6.23. The molecule has 5 aromatic rings. The molecule has 1 amide bonds. The number of imidazole rings is 1. The van der Waals surface area contributed by atoms with Crippen molar-refractivity contribution in [2.45, 2.75) is 11.4 Å². The van der Waals surface area contributed by atoms with Crippen molar-refractivity contribution in [3.63, 3.8) is 0 Å². The van der Waals surface area contributed by atoms with Crippen molar-refractivity contribution in [1.29, 1.82) is 0 Å². The summed E-state index contributed by atoms with van der Waals surface area (Å²) in [5, 5.41) is 3.68. The summed E-state index contributed by atoms with van der Waals surface area (Å²) in [5.74, 6) is 0.00248. The van der Waals surface area contributed by atoms with Crippen molar-refractivity contribution in [2.75, 3.05) is 11.9 Å². The number of benzene rings is 3. The molecule has 198 valence electrons. The van der Waals surface area contributed by atoms with Gasteiger partial charge in [-0.3, -0.25) is 14.7 Å². The van der Waals surface area contributed by atoms with Crippen LogP contribution in [-0.2, 0) is 21.4 Å². The van der Waals surface area contributed by atoms with Crippen LogP contribution in [0.25, 0.3) is 16.9 Å². The summed E-state index contributed by atoms with van der Waals surface area (Å²) < 4.78 is 35.1. The molecular formula is C28H22Cl2N4O4S. The van der Waals surface area contributed by atoms with Crippen molar-refractivity contribution < 1.29 is 17.6 Å². The summed E-state index contributed by atoms with van der Waals surface area (Å²) in [5.41, 5.74) is 2.14. The molecule has 0 spiro atoms. The maximum atomic E-state index is 13.5. The van der Waals surface area contributed by atoms with Crippen LogP contribution in [0.5, 0.6) is 0 Å². The van der Waals surface area contributed by atoms with Crippen LogP contribution in [0.4, 0.5) is 5.95 Å². The van der Waals surface area contributed by atoms with Crippen molar-refractivity contribution >= 4 is 45.1 Å². The zero-order chi connectivity index (χ0) is 27.4. The average molecular weight is 581 g/mol. The van der Waals surface area contributed by atoms with Crippen LogP contribution in [0, 0.1) is 0 Å². The van der Waals surface area contributed by atoms with Crippen LogP contribution < -0.4 is 5.32 Å². The summed E-state index contributed by atoms with van der Waals surface area (Å²) in [4.78, 5) is 18.0. The maximum absolute atomic E-state index is 13.5. The van der Waals surface area contributed by atoms with Gasteiger partial charge in [0.25, 0.3) is 0 Å². The first-order chi connectivity index (χ1) is 18.8. The molecule has 3 aromatic carbocycles. The molecule has 0 radical (unpaired) electrons. The standard InChI is InChI=1S/C28H22Cl2N4O4S/c29-21-11-13-25(14-12-21)39(36,37)33(17-24-10-5-15-38-24)19-27(35)32-28-31-26(20-6-2-1-3-7-20)18-34(28)23-9-4-8-22(30)16-23/h1-16,18H,17,19H2,(H,31,32,35). The van der Waals surface area contributed by atoms with E-state index in [1.807, 2.05) is 36.4 Å². The van der Waals surface area contributed by atoms with Crippen molar-refractivity contribution in [3.05, 3.63) is 119 Å². The second-order valence-electron chi connectivity index (χ2n) is 8.52.